The largest absolute Gasteiger partial charge is 0.461 e. The van der Waals surface area contributed by atoms with E-state index in [1.807, 2.05) is 6.92 Å². The molecule has 0 spiro atoms. The lowest BCUT2D eigenvalue weighted by Crippen LogP contribution is -2.41. The Balaban J connectivity index is 1.78. The Bertz CT molecular complexity index is 936. The first kappa shape index (κ1) is 19.4. The van der Waals surface area contributed by atoms with E-state index in [0.717, 1.165) is 12.0 Å². The van der Waals surface area contributed by atoms with E-state index in [9.17, 15) is 14.4 Å². The van der Waals surface area contributed by atoms with Crippen LogP contribution in [-0.4, -0.2) is 29.9 Å². The normalized spacial score (nSPS) is 17.1. The van der Waals surface area contributed by atoms with Gasteiger partial charge in [-0.15, -0.1) is 0 Å². The fourth-order valence-corrected chi connectivity index (χ4v) is 3.70. The molecule has 1 fully saturated rings. The van der Waals surface area contributed by atoms with Crippen LogP contribution in [0.25, 0.3) is 11.0 Å². The van der Waals surface area contributed by atoms with Gasteiger partial charge in [0.25, 0.3) is 0 Å². The van der Waals surface area contributed by atoms with E-state index in [2.05, 4.69) is 0 Å². The SMILES string of the molecule is CCc1cc2oc(=O)cc(COC(=O)[C@H]3CCCN(C(C)=O)C3)c2cc1Cl. The zero-order valence-corrected chi connectivity index (χ0v) is 16.2. The van der Waals surface area contributed by atoms with Gasteiger partial charge >= 0.3 is 11.6 Å². The van der Waals surface area contributed by atoms with E-state index >= 15 is 0 Å². The number of piperidine rings is 1. The van der Waals surface area contributed by atoms with Crippen molar-refractivity contribution in [3.63, 3.8) is 0 Å². The Morgan fingerprint density at radius 2 is 2.07 bits per heavy atom. The quantitative estimate of drug-likeness (QED) is 0.590. The number of halogens is 1. The van der Waals surface area contributed by atoms with Crippen LogP contribution in [0.3, 0.4) is 0 Å². The molecule has 2 heterocycles. The van der Waals surface area contributed by atoms with Crippen LogP contribution < -0.4 is 5.63 Å². The highest BCUT2D eigenvalue weighted by Gasteiger charge is 2.28. The molecular formula is C20H22ClNO5. The molecule has 0 unspecified atom stereocenters. The molecule has 0 aliphatic carbocycles. The highest BCUT2D eigenvalue weighted by atomic mass is 35.5. The Kier molecular flexibility index (Phi) is 5.85. The van der Waals surface area contributed by atoms with Crippen LogP contribution in [0.1, 0.15) is 37.8 Å². The van der Waals surface area contributed by atoms with Crippen molar-refractivity contribution in [2.24, 2.45) is 5.92 Å². The number of likely N-dealkylation sites (tertiary alicyclic amines) is 1. The summed E-state index contributed by atoms with van der Waals surface area (Å²) in [5.41, 5.74) is 1.36. The number of benzene rings is 1. The molecule has 27 heavy (non-hydrogen) atoms. The summed E-state index contributed by atoms with van der Waals surface area (Å²) < 4.78 is 10.7. The van der Waals surface area contributed by atoms with Crippen molar-refractivity contribution >= 4 is 34.4 Å². The molecule has 6 nitrogen and oxygen atoms in total. The number of nitrogens with zero attached hydrogens (tertiary/aromatic N) is 1. The molecule has 1 aliphatic heterocycles. The second-order valence-corrected chi connectivity index (χ2v) is 7.20. The molecule has 0 radical (unpaired) electrons. The lowest BCUT2D eigenvalue weighted by molar-refractivity contribution is -0.152. The van der Waals surface area contributed by atoms with Crippen LogP contribution in [0.2, 0.25) is 5.02 Å². The minimum Gasteiger partial charge on any atom is -0.461 e. The second-order valence-electron chi connectivity index (χ2n) is 6.80. The van der Waals surface area contributed by atoms with Crippen molar-refractivity contribution in [1.29, 1.82) is 0 Å². The van der Waals surface area contributed by atoms with Gasteiger partial charge in [0.05, 0.1) is 5.92 Å². The van der Waals surface area contributed by atoms with Gasteiger partial charge in [0.2, 0.25) is 5.91 Å². The number of amides is 1. The standard InChI is InChI=1S/C20H22ClNO5/c1-3-13-7-18-16(9-17(13)21)15(8-19(24)27-18)11-26-20(25)14-5-4-6-22(10-14)12(2)23/h7-9,14H,3-6,10-11H2,1-2H3/t14-/m0/s1. The first-order valence-corrected chi connectivity index (χ1v) is 9.44. The monoisotopic (exact) mass is 391 g/mol. The topological polar surface area (TPSA) is 76.8 Å². The number of rotatable bonds is 4. The fraction of sp³-hybridized carbons (Fsp3) is 0.450. The van der Waals surface area contributed by atoms with E-state index < -0.39 is 5.63 Å². The number of hydrogen-bond donors (Lipinski definition) is 0. The average Bonchev–Trinajstić information content (AvgIpc) is 2.65. The van der Waals surface area contributed by atoms with Crippen LogP contribution in [0.5, 0.6) is 0 Å². The van der Waals surface area contributed by atoms with Crippen molar-refractivity contribution in [1.82, 2.24) is 4.90 Å². The highest BCUT2D eigenvalue weighted by Crippen LogP contribution is 2.27. The van der Waals surface area contributed by atoms with Gasteiger partial charge in [0.15, 0.2) is 0 Å². The molecular weight excluding hydrogens is 370 g/mol. The lowest BCUT2D eigenvalue weighted by Gasteiger charge is -2.30. The van der Waals surface area contributed by atoms with E-state index in [1.165, 1.54) is 13.0 Å². The number of esters is 1. The summed E-state index contributed by atoms with van der Waals surface area (Å²) in [6.45, 7) is 4.46. The summed E-state index contributed by atoms with van der Waals surface area (Å²) in [6.07, 6.45) is 2.17. The van der Waals surface area contributed by atoms with E-state index in [-0.39, 0.29) is 24.4 Å². The third kappa shape index (κ3) is 4.33. The molecule has 1 aromatic carbocycles. The lowest BCUT2D eigenvalue weighted by atomic mass is 9.98. The molecule has 0 N–H and O–H groups in total. The molecule has 2 aromatic rings. The van der Waals surface area contributed by atoms with Crippen LogP contribution in [0, 0.1) is 5.92 Å². The molecule has 3 rings (SSSR count). The molecule has 1 aromatic heterocycles. The Labute approximate surface area is 162 Å². The van der Waals surface area contributed by atoms with Crippen molar-refractivity contribution in [3.8, 4) is 0 Å². The van der Waals surface area contributed by atoms with Crippen LogP contribution in [-0.2, 0) is 27.4 Å². The molecule has 0 saturated carbocycles. The smallest absolute Gasteiger partial charge is 0.336 e. The molecule has 1 atom stereocenters. The average molecular weight is 392 g/mol. The summed E-state index contributed by atoms with van der Waals surface area (Å²) in [4.78, 5) is 37.5. The van der Waals surface area contributed by atoms with Gasteiger partial charge in [-0.3, -0.25) is 9.59 Å². The zero-order chi connectivity index (χ0) is 19.6. The molecule has 7 heteroatoms. The minimum absolute atomic E-state index is 0.0412. The zero-order valence-electron chi connectivity index (χ0n) is 15.4. The minimum atomic E-state index is -0.502. The third-order valence-electron chi connectivity index (χ3n) is 4.95. The number of ether oxygens (including phenoxy) is 1. The van der Waals surface area contributed by atoms with Gasteiger partial charge in [-0.1, -0.05) is 18.5 Å². The Morgan fingerprint density at radius 1 is 1.30 bits per heavy atom. The number of fused-ring (bicyclic) bond motifs is 1. The Hall–Kier alpha value is -2.34. The predicted molar refractivity (Wildman–Crippen MR) is 102 cm³/mol. The maximum absolute atomic E-state index is 12.4. The van der Waals surface area contributed by atoms with E-state index in [4.69, 9.17) is 20.8 Å². The molecule has 1 aliphatic rings. The van der Waals surface area contributed by atoms with Crippen LogP contribution in [0.15, 0.2) is 27.4 Å². The number of hydrogen-bond acceptors (Lipinski definition) is 5. The van der Waals surface area contributed by atoms with Crippen LogP contribution >= 0.6 is 11.6 Å². The summed E-state index contributed by atoms with van der Waals surface area (Å²) in [5.74, 6) is -0.747. The van der Waals surface area contributed by atoms with Crippen molar-refractivity contribution in [2.75, 3.05) is 13.1 Å². The van der Waals surface area contributed by atoms with Gasteiger partial charge < -0.3 is 14.1 Å². The number of aryl methyl sites for hydroxylation is 1. The van der Waals surface area contributed by atoms with Crippen molar-refractivity contribution in [2.45, 2.75) is 39.7 Å². The number of carbonyl (C=O) groups excluding carboxylic acids is 2. The van der Waals surface area contributed by atoms with Gasteiger partial charge in [-0.25, -0.2) is 4.79 Å². The summed E-state index contributed by atoms with van der Waals surface area (Å²) >= 11 is 6.28. The first-order valence-electron chi connectivity index (χ1n) is 9.06. The summed E-state index contributed by atoms with van der Waals surface area (Å²) in [5, 5.41) is 1.23. The molecule has 1 saturated heterocycles. The van der Waals surface area contributed by atoms with Crippen molar-refractivity contribution < 1.29 is 18.7 Å². The molecule has 1 amide bonds. The third-order valence-corrected chi connectivity index (χ3v) is 5.30. The first-order chi connectivity index (χ1) is 12.9. The van der Waals surface area contributed by atoms with Gasteiger partial charge in [-0.05, 0) is 37.0 Å². The van der Waals surface area contributed by atoms with Gasteiger partial charge in [-0.2, -0.15) is 0 Å². The maximum atomic E-state index is 12.4. The maximum Gasteiger partial charge on any atom is 0.336 e. The summed E-state index contributed by atoms with van der Waals surface area (Å²) in [7, 11) is 0. The van der Waals surface area contributed by atoms with Crippen LogP contribution in [0.4, 0.5) is 0 Å². The highest BCUT2D eigenvalue weighted by molar-refractivity contribution is 6.32. The fourth-order valence-electron chi connectivity index (χ4n) is 3.40. The second kappa shape index (κ2) is 8.13. The number of carbonyl (C=O) groups is 2. The van der Waals surface area contributed by atoms with E-state index in [1.54, 1.807) is 17.0 Å². The summed E-state index contributed by atoms with van der Waals surface area (Å²) in [6, 6.07) is 4.80. The van der Waals surface area contributed by atoms with Gasteiger partial charge in [0, 0.05) is 42.1 Å². The molecule has 0 bridgehead atoms. The van der Waals surface area contributed by atoms with E-state index in [0.29, 0.717) is 47.5 Å². The Morgan fingerprint density at radius 3 is 2.78 bits per heavy atom. The predicted octanol–water partition coefficient (Wildman–Crippen LogP) is 3.31. The van der Waals surface area contributed by atoms with Gasteiger partial charge in [0.1, 0.15) is 12.2 Å². The van der Waals surface area contributed by atoms with Crippen molar-refractivity contribution in [3.05, 3.63) is 44.8 Å². The molecule has 144 valence electrons.